The second-order valence-electron chi connectivity index (χ2n) is 6.70. The number of aromatic nitrogens is 3. The number of nitrogens with zero attached hydrogens (tertiary/aromatic N) is 5. The fourth-order valence-corrected chi connectivity index (χ4v) is 4.10. The molecule has 152 valence electrons. The summed E-state index contributed by atoms with van der Waals surface area (Å²) >= 11 is 1.40. The van der Waals surface area contributed by atoms with Gasteiger partial charge in [0.25, 0.3) is 0 Å². The van der Waals surface area contributed by atoms with Crippen molar-refractivity contribution in [2.45, 2.75) is 5.16 Å². The number of methoxy groups -OCH3 is 1. The molecule has 1 amide bonds. The summed E-state index contributed by atoms with van der Waals surface area (Å²) in [5.41, 5.74) is 1.15. The first-order chi connectivity index (χ1) is 14.2. The second kappa shape index (κ2) is 8.60. The van der Waals surface area contributed by atoms with Crippen LogP contribution in [0.15, 0.2) is 52.2 Å². The standard InChI is InChI=1S/C20H23N5O3S/c1-23-19(17-4-3-13-28-17)21-22-20(23)29-14-18(26)25-11-9-24(10-12-25)15-5-7-16(27-2)8-6-15/h3-8,13H,9-12,14H2,1-2H3. The third kappa shape index (κ3) is 4.24. The van der Waals surface area contributed by atoms with Crippen molar-refractivity contribution in [3.63, 3.8) is 0 Å². The summed E-state index contributed by atoms with van der Waals surface area (Å²) in [6.07, 6.45) is 1.60. The van der Waals surface area contributed by atoms with Crippen LogP contribution in [-0.2, 0) is 11.8 Å². The molecule has 1 aliphatic rings. The number of hydrogen-bond acceptors (Lipinski definition) is 7. The normalized spacial score (nSPS) is 14.3. The second-order valence-corrected chi connectivity index (χ2v) is 7.64. The Bertz CT molecular complexity index is 947. The zero-order chi connectivity index (χ0) is 20.2. The minimum atomic E-state index is 0.118. The number of ether oxygens (including phenoxy) is 1. The highest BCUT2D eigenvalue weighted by Crippen LogP contribution is 2.24. The Balaban J connectivity index is 1.29. The average molecular weight is 414 g/mol. The number of hydrogen-bond donors (Lipinski definition) is 0. The van der Waals surface area contributed by atoms with Crippen molar-refractivity contribution < 1.29 is 13.9 Å². The Hall–Kier alpha value is -2.94. The molecule has 2 aromatic heterocycles. The summed E-state index contributed by atoms with van der Waals surface area (Å²) in [6.45, 7) is 3.05. The summed E-state index contributed by atoms with van der Waals surface area (Å²) in [6, 6.07) is 11.7. The minimum absolute atomic E-state index is 0.118. The van der Waals surface area contributed by atoms with Gasteiger partial charge in [0, 0.05) is 38.9 Å². The molecule has 1 fully saturated rings. The van der Waals surface area contributed by atoms with Crippen LogP contribution in [0.1, 0.15) is 0 Å². The fourth-order valence-electron chi connectivity index (χ4n) is 3.29. The summed E-state index contributed by atoms with van der Waals surface area (Å²) in [5.74, 6) is 2.61. The molecule has 3 aromatic rings. The number of anilines is 1. The highest BCUT2D eigenvalue weighted by atomic mass is 32.2. The van der Waals surface area contributed by atoms with Gasteiger partial charge in [-0.15, -0.1) is 10.2 Å². The third-order valence-electron chi connectivity index (χ3n) is 4.97. The fraction of sp³-hybridized carbons (Fsp3) is 0.350. The van der Waals surface area contributed by atoms with Crippen LogP contribution in [0.4, 0.5) is 5.69 Å². The lowest BCUT2D eigenvalue weighted by Gasteiger charge is -2.36. The number of carbonyl (C=O) groups is 1. The van der Waals surface area contributed by atoms with Gasteiger partial charge < -0.3 is 23.5 Å². The molecule has 0 radical (unpaired) electrons. The lowest BCUT2D eigenvalue weighted by atomic mass is 10.2. The molecule has 1 saturated heterocycles. The van der Waals surface area contributed by atoms with Gasteiger partial charge in [-0.2, -0.15) is 0 Å². The SMILES string of the molecule is COc1ccc(N2CCN(C(=O)CSc3nnc(-c4ccco4)n3C)CC2)cc1. The molecule has 0 spiro atoms. The summed E-state index contributed by atoms with van der Waals surface area (Å²) in [5, 5.41) is 9.04. The predicted molar refractivity (Wildman–Crippen MR) is 111 cm³/mol. The molecule has 9 heteroatoms. The quantitative estimate of drug-likeness (QED) is 0.575. The maximum absolute atomic E-state index is 12.6. The van der Waals surface area contributed by atoms with E-state index in [2.05, 4.69) is 27.2 Å². The molecule has 8 nitrogen and oxygen atoms in total. The first kappa shape index (κ1) is 19.4. The first-order valence-corrected chi connectivity index (χ1v) is 10.4. The van der Waals surface area contributed by atoms with E-state index in [0.29, 0.717) is 35.6 Å². The number of benzene rings is 1. The van der Waals surface area contributed by atoms with E-state index in [1.165, 1.54) is 11.8 Å². The van der Waals surface area contributed by atoms with E-state index in [-0.39, 0.29) is 5.91 Å². The van der Waals surface area contributed by atoms with E-state index in [1.807, 2.05) is 40.8 Å². The summed E-state index contributed by atoms with van der Waals surface area (Å²) in [7, 11) is 3.54. The van der Waals surface area contributed by atoms with E-state index in [0.717, 1.165) is 24.5 Å². The van der Waals surface area contributed by atoms with E-state index in [1.54, 1.807) is 13.4 Å². The van der Waals surface area contributed by atoms with Gasteiger partial charge in [0.15, 0.2) is 16.7 Å². The predicted octanol–water partition coefficient (Wildman–Crippen LogP) is 2.52. The molecule has 0 N–H and O–H groups in total. The van der Waals surface area contributed by atoms with Crippen LogP contribution in [0, 0.1) is 0 Å². The highest BCUT2D eigenvalue weighted by molar-refractivity contribution is 7.99. The molecule has 0 unspecified atom stereocenters. The molecule has 0 bridgehead atoms. The van der Waals surface area contributed by atoms with Crippen LogP contribution >= 0.6 is 11.8 Å². The largest absolute Gasteiger partial charge is 0.497 e. The van der Waals surface area contributed by atoms with Crippen molar-refractivity contribution in [3.05, 3.63) is 42.7 Å². The molecule has 1 aromatic carbocycles. The van der Waals surface area contributed by atoms with E-state index in [4.69, 9.17) is 9.15 Å². The van der Waals surface area contributed by atoms with E-state index >= 15 is 0 Å². The minimum Gasteiger partial charge on any atom is -0.497 e. The van der Waals surface area contributed by atoms with E-state index in [9.17, 15) is 4.79 Å². The van der Waals surface area contributed by atoms with E-state index < -0.39 is 0 Å². The molecule has 29 heavy (non-hydrogen) atoms. The Labute approximate surface area is 173 Å². The van der Waals surface area contributed by atoms with Gasteiger partial charge >= 0.3 is 0 Å². The van der Waals surface area contributed by atoms with Crippen LogP contribution in [0.3, 0.4) is 0 Å². The molecule has 0 saturated carbocycles. The van der Waals surface area contributed by atoms with Crippen molar-refractivity contribution in [3.8, 4) is 17.3 Å². The maximum Gasteiger partial charge on any atom is 0.233 e. The molecule has 0 aliphatic carbocycles. The van der Waals surface area contributed by atoms with Crippen LogP contribution in [0.2, 0.25) is 0 Å². The van der Waals surface area contributed by atoms with Gasteiger partial charge in [0.2, 0.25) is 5.91 Å². The van der Waals surface area contributed by atoms with Crippen LogP contribution < -0.4 is 9.64 Å². The molecule has 3 heterocycles. The molecule has 1 aliphatic heterocycles. The smallest absolute Gasteiger partial charge is 0.233 e. The Morgan fingerprint density at radius 1 is 1.14 bits per heavy atom. The summed E-state index contributed by atoms with van der Waals surface area (Å²) < 4.78 is 12.4. The van der Waals surface area contributed by atoms with Crippen molar-refractivity contribution in [2.75, 3.05) is 43.9 Å². The lowest BCUT2D eigenvalue weighted by molar-refractivity contribution is -0.128. The monoisotopic (exact) mass is 413 g/mol. The van der Waals surface area contributed by atoms with Gasteiger partial charge in [-0.3, -0.25) is 4.79 Å². The molecule has 0 atom stereocenters. The van der Waals surface area contributed by atoms with Crippen molar-refractivity contribution in [1.82, 2.24) is 19.7 Å². The van der Waals surface area contributed by atoms with Crippen molar-refractivity contribution in [2.24, 2.45) is 7.05 Å². The average Bonchev–Trinajstić information content (AvgIpc) is 3.42. The number of rotatable bonds is 6. The summed E-state index contributed by atoms with van der Waals surface area (Å²) in [4.78, 5) is 16.8. The lowest BCUT2D eigenvalue weighted by Crippen LogP contribution is -2.49. The van der Waals surface area contributed by atoms with Crippen LogP contribution in [0.25, 0.3) is 11.6 Å². The first-order valence-electron chi connectivity index (χ1n) is 9.38. The van der Waals surface area contributed by atoms with Gasteiger partial charge in [0.05, 0.1) is 19.1 Å². The van der Waals surface area contributed by atoms with Gasteiger partial charge in [-0.25, -0.2) is 0 Å². The Kier molecular flexibility index (Phi) is 5.75. The Morgan fingerprint density at radius 3 is 2.55 bits per heavy atom. The number of carbonyl (C=O) groups excluding carboxylic acids is 1. The number of amides is 1. The zero-order valence-electron chi connectivity index (χ0n) is 16.4. The highest BCUT2D eigenvalue weighted by Gasteiger charge is 2.22. The third-order valence-corrected chi connectivity index (χ3v) is 5.98. The van der Waals surface area contributed by atoms with Crippen LogP contribution in [-0.4, -0.2) is 64.6 Å². The number of piperazine rings is 1. The van der Waals surface area contributed by atoms with Gasteiger partial charge in [0.1, 0.15) is 5.75 Å². The van der Waals surface area contributed by atoms with Crippen molar-refractivity contribution in [1.29, 1.82) is 0 Å². The van der Waals surface area contributed by atoms with Crippen molar-refractivity contribution >= 4 is 23.4 Å². The maximum atomic E-state index is 12.6. The van der Waals surface area contributed by atoms with Crippen LogP contribution in [0.5, 0.6) is 5.75 Å². The number of furan rings is 1. The van der Waals surface area contributed by atoms with Gasteiger partial charge in [-0.1, -0.05) is 11.8 Å². The number of thioether (sulfide) groups is 1. The molecular weight excluding hydrogens is 390 g/mol. The zero-order valence-corrected chi connectivity index (χ0v) is 17.3. The Morgan fingerprint density at radius 2 is 1.90 bits per heavy atom. The topological polar surface area (TPSA) is 76.6 Å². The molecule has 4 rings (SSSR count). The van der Waals surface area contributed by atoms with Gasteiger partial charge in [-0.05, 0) is 36.4 Å². The molecular formula is C20H23N5O3S.